The second-order valence-corrected chi connectivity index (χ2v) is 4.34. The number of benzene rings is 1. The van der Waals surface area contributed by atoms with Gasteiger partial charge in [-0.25, -0.2) is 0 Å². The second kappa shape index (κ2) is 6.33. The maximum Gasteiger partial charge on any atom is 0.0933 e. The molecule has 0 bridgehead atoms. The summed E-state index contributed by atoms with van der Waals surface area (Å²) < 4.78 is 0. The molecule has 0 spiro atoms. The summed E-state index contributed by atoms with van der Waals surface area (Å²) in [5, 5.41) is 13.8. The van der Waals surface area contributed by atoms with E-state index in [1.54, 1.807) is 6.20 Å². The highest BCUT2D eigenvalue weighted by Gasteiger charge is 2.09. The van der Waals surface area contributed by atoms with Crippen LogP contribution in [0.5, 0.6) is 0 Å². The van der Waals surface area contributed by atoms with Gasteiger partial charge < -0.3 is 16.2 Å². The first-order valence-electron chi connectivity index (χ1n) is 6.26. The lowest BCUT2D eigenvalue weighted by molar-refractivity contribution is 0.268. The monoisotopic (exact) mass is 245 g/mol. The van der Waals surface area contributed by atoms with Gasteiger partial charge in [0.15, 0.2) is 0 Å². The van der Waals surface area contributed by atoms with Gasteiger partial charge in [-0.15, -0.1) is 0 Å². The number of para-hydroxylation sites is 1. The summed E-state index contributed by atoms with van der Waals surface area (Å²) in [6.45, 7) is 0.745. The predicted molar refractivity (Wildman–Crippen MR) is 74.5 cm³/mol. The topological polar surface area (TPSA) is 71.2 Å². The van der Waals surface area contributed by atoms with Crippen molar-refractivity contribution >= 4 is 16.6 Å². The quantitative estimate of drug-likeness (QED) is 0.725. The van der Waals surface area contributed by atoms with Crippen LogP contribution in [-0.4, -0.2) is 29.3 Å². The molecule has 1 unspecified atom stereocenters. The molecule has 4 heteroatoms. The van der Waals surface area contributed by atoms with E-state index in [4.69, 9.17) is 5.73 Å². The molecule has 1 aromatic heterocycles. The summed E-state index contributed by atoms with van der Waals surface area (Å²) in [6.07, 6.45) is 3.54. The molecule has 0 fully saturated rings. The molecule has 1 atom stereocenters. The van der Waals surface area contributed by atoms with Gasteiger partial charge in [0.25, 0.3) is 0 Å². The van der Waals surface area contributed by atoms with Crippen molar-refractivity contribution in [2.45, 2.75) is 18.9 Å². The number of aliphatic hydroxyl groups excluding tert-OH is 1. The van der Waals surface area contributed by atoms with Crippen LogP contribution in [0.15, 0.2) is 36.5 Å². The molecule has 0 aliphatic heterocycles. The van der Waals surface area contributed by atoms with Gasteiger partial charge in [0.05, 0.1) is 17.8 Å². The standard InChI is InChI=1S/C14H19N3O/c15-8-2-6-12(10-18)17-13-7-1-4-11-5-3-9-16-14(11)13/h1,3-5,7,9,12,17-18H,2,6,8,10,15H2. The number of aliphatic hydroxyl groups is 1. The normalized spacial score (nSPS) is 12.6. The number of nitrogens with two attached hydrogens (primary N) is 1. The Bertz CT molecular complexity index is 496. The maximum absolute atomic E-state index is 9.36. The van der Waals surface area contributed by atoms with E-state index in [0.717, 1.165) is 29.4 Å². The molecule has 2 rings (SSSR count). The number of hydrogen-bond acceptors (Lipinski definition) is 4. The van der Waals surface area contributed by atoms with Crippen LogP contribution >= 0.6 is 0 Å². The Labute approximate surface area is 107 Å². The summed E-state index contributed by atoms with van der Waals surface area (Å²) >= 11 is 0. The van der Waals surface area contributed by atoms with E-state index in [2.05, 4.69) is 10.3 Å². The third-order valence-corrected chi connectivity index (χ3v) is 2.97. The Hall–Kier alpha value is -1.65. The number of rotatable bonds is 6. The minimum absolute atomic E-state index is 0.0288. The molecule has 96 valence electrons. The Morgan fingerprint density at radius 3 is 2.89 bits per heavy atom. The minimum atomic E-state index is 0.0288. The van der Waals surface area contributed by atoms with E-state index in [1.807, 2.05) is 30.3 Å². The number of anilines is 1. The molecule has 1 aromatic carbocycles. The highest BCUT2D eigenvalue weighted by atomic mass is 16.3. The summed E-state index contributed by atoms with van der Waals surface area (Å²) in [7, 11) is 0. The van der Waals surface area contributed by atoms with E-state index < -0.39 is 0 Å². The molecule has 18 heavy (non-hydrogen) atoms. The average Bonchev–Trinajstić information content (AvgIpc) is 2.43. The van der Waals surface area contributed by atoms with E-state index in [-0.39, 0.29) is 12.6 Å². The Morgan fingerprint density at radius 1 is 1.28 bits per heavy atom. The van der Waals surface area contributed by atoms with Gasteiger partial charge in [-0.2, -0.15) is 0 Å². The largest absolute Gasteiger partial charge is 0.394 e. The van der Waals surface area contributed by atoms with Gasteiger partial charge in [-0.05, 0) is 31.5 Å². The van der Waals surface area contributed by atoms with Crippen molar-refractivity contribution in [3.8, 4) is 0 Å². The summed E-state index contributed by atoms with van der Waals surface area (Å²) in [6, 6.07) is 9.98. The van der Waals surface area contributed by atoms with Crippen molar-refractivity contribution in [3.63, 3.8) is 0 Å². The highest BCUT2D eigenvalue weighted by Crippen LogP contribution is 2.21. The first-order chi connectivity index (χ1) is 8.85. The summed E-state index contributed by atoms with van der Waals surface area (Å²) in [4.78, 5) is 4.38. The number of fused-ring (bicyclic) bond motifs is 1. The zero-order valence-corrected chi connectivity index (χ0v) is 10.3. The molecule has 0 radical (unpaired) electrons. The van der Waals surface area contributed by atoms with Crippen molar-refractivity contribution < 1.29 is 5.11 Å². The first kappa shape index (κ1) is 12.8. The smallest absolute Gasteiger partial charge is 0.0933 e. The van der Waals surface area contributed by atoms with Crippen LogP contribution in [0.3, 0.4) is 0 Å². The van der Waals surface area contributed by atoms with E-state index >= 15 is 0 Å². The third-order valence-electron chi connectivity index (χ3n) is 2.97. The van der Waals surface area contributed by atoms with Gasteiger partial charge in [-0.3, -0.25) is 4.98 Å². The van der Waals surface area contributed by atoms with Gasteiger partial charge in [0.1, 0.15) is 0 Å². The molecule has 4 nitrogen and oxygen atoms in total. The molecule has 0 saturated heterocycles. The Kier molecular flexibility index (Phi) is 4.50. The molecular formula is C14H19N3O. The lowest BCUT2D eigenvalue weighted by atomic mass is 10.1. The van der Waals surface area contributed by atoms with Gasteiger partial charge in [0.2, 0.25) is 0 Å². The van der Waals surface area contributed by atoms with Crippen LogP contribution in [0.2, 0.25) is 0 Å². The summed E-state index contributed by atoms with van der Waals surface area (Å²) in [5.41, 5.74) is 7.39. The van der Waals surface area contributed by atoms with Crippen LogP contribution in [0, 0.1) is 0 Å². The molecule has 2 aromatic rings. The second-order valence-electron chi connectivity index (χ2n) is 4.34. The maximum atomic E-state index is 9.36. The van der Waals surface area contributed by atoms with Crippen LogP contribution in [0.25, 0.3) is 10.9 Å². The van der Waals surface area contributed by atoms with Gasteiger partial charge >= 0.3 is 0 Å². The van der Waals surface area contributed by atoms with Gasteiger partial charge in [0, 0.05) is 17.6 Å². The highest BCUT2D eigenvalue weighted by molar-refractivity contribution is 5.90. The zero-order valence-electron chi connectivity index (χ0n) is 10.3. The number of nitrogens with zero attached hydrogens (tertiary/aromatic N) is 1. The van der Waals surface area contributed by atoms with E-state index in [0.29, 0.717) is 6.54 Å². The van der Waals surface area contributed by atoms with Crippen molar-refractivity contribution in [1.29, 1.82) is 0 Å². The number of hydrogen-bond donors (Lipinski definition) is 3. The number of pyridine rings is 1. The SMILES string of the molecule is NCCCC(CO)Nc1cccc2cccnc12. The molecule has 0 aliphatic rings. The van der Waals surface area contributed by atoms with Crippen LogP contribution < -0.4 is 11.1 Å². The lowest BCUT2D eigenvalue weighted by Crippen LogP contribution is -2.24. The van der Waals surface area contributed by atoms with Crippen LogP contribution in [-0.2, 0) is 0 Å². The first-order valence-corrected chi connectivity index (χ1v) is 6.26. The Balaban J connectivity index is 2.19. The van der Waals surface area contributed by atoms with E-state index in [1.165, 1.54) is 0 Å². The predicted octanol–water partition coefficient (Wildman–Crippen LogP) is 1.75. The zero-order chi connectivity index (χ0) is 12.8. The minimum Gasteiger partial charge on any atom is -0.394 e. The average molecular weight is 245 g/mol. The van der Waals surface area contributed by atoms with Crippen molar-refractivity contribution in [2.75, 3.05) is 18.5 Å². The third kappa shape index (κ3) is 2.97. The van der Waals surface area contributed by atoms with E-state index in [9.17, 15) is 5.11 Å². The Morgan fingerprint density at radius 2 is 2.11 bits per heavy atom. The van der Waals surface area contributed by atoms with Crippen LogP contribution in [0.4, 0.5) is 5.69 Å². The molecular weight excluding hydrogens is 226 g/mol. The molecule has 0 aliphatic carbocycles. The summed E-state index contributed by atoms with van der Waals surface area (Å²) in [5.74, 6) is 0. The molecule has 1 heterocycles. The van der Waals surface area contributed by atoms with Crippen molar-refractivity contribution in [1.82, 2.24) is 4.98 Å². The number of aromatic nitrogens is 1. The lowest BCUT2D eigenvalue weighted by Gasteiger charge is -2.18. The number of nitrogens with one attached hydrogen (secondary N) is 1. The van der Waals surface area contributed by atoms with Crippen molar-refractivity contribution in [3.05, 3.63) is 36.5 Å². The molecule has 0 saturated carbocycles. The van der Waals surface area contributed by atoms with Crippen molar-refractivity contribution in [2.24, 2.45) is 5.73 Å². The fourth-order valence-electron chi connectivity index (χ4n) is 2.01. The van der Waals surface area contributed by atoms with Crippen LogP contribution in [0.1, 0.15) is 12.8 Å². The fraction of sp³-hybridized carbons (Fsp3) is 0.357. The van der Waals surface area contributed by atoms with Gasteiger partial charge in [-0.1, -0.05) is 18.2 Å². The molecule has 0 amide bonds. The fourth-order valence-corrected chi connectivity index (χ4v) is 2.01. The molecule has 4 N–H and O–H groups in total.